The molecule has 1 rings (SSSR count). The minimum absolute atomic E-state index is 0.477. The maximum Gasteiger partial charge on any atom is 0.0702 e. The average molecular weight is 242 g/mol. The fraction of sp³-hybridized carbons (Fsp3) is 1.00. The van der Waals surface area contributed by atoms with Crippen molar-refractivity contribution in [3.05, 3.63) is 0 Å². The minimum Gasteiger partial charge on any atom is -0.377 e. The summed E-state index contributed by atoms with van der Waals surface area (Å²) < 4.78 is 5.88. The average Bonchev–Trinajstić information content (AvgIpc) is 2.37. The molecule has 0 amide bonds. The van der Waals surface area contributed by atoms with Crippen molar-refractivity contribution in [2.45, 2.75) is 58.6 Å². The molecule has 1 fully saturated rings. The van der Waals surface area contributed by atoms with Gasteiger partial charge in [0, 0.05) is 19.2 Å². The molecule has 3 heteroatoms. The molecule has 2 atom stereocenters. The van der Waals surface area contributed by atoms with Gasteiger partial charge in [0.1, 0.15) is 0 Å². The molecule has 0 radical (unpaired) electrons. The van der Waals surface area contributed by atoms with E-state index in [1.54, 1.807) is 0 Å². The van der Waals surface area contributed by atoms with Gasteiger partial charge in [-0.05, 0) is 52.2 Å². The smallest absolute Gasteiger partial charge is 0.0702 e. The molecule has 1 aliphatic heterocycles. The Kier molecular flexibility index (Phi) is 7.82. The van der Waals surface area contributed by atoms with E-state index in [-0.39, 0.29) is 0 Å². The molecule has 0 aromatic rings. The van der Waals surface area contributed by atoms with Gasteiger partial charge in [-0.1, -0.05) is 13.8 Å². The highest BCUT2D eigenvalue weighted by molar-refractivity contribution is 4.77. The number of ether oxygens (including phenoxy) is 1. The molecule has 17 heavy (non-hydrogen) atoms. The van der Waals surface area contributed by atoms with Gasteiger partial charge < -0.3 is 10.1 Å². The van der Waals surface area contributed by atoms with E-state index >= 15 is 0 Å². The Morgan fingerprint density at radius 1 is 1.41 bits per heavy atom. The van der Waals surface area contributed by atoms with Crippen LogP contribution < -0.4 is 5.32 Å². The Labute approximate surface area is 107 Å². The van der Waals surface area contributed by atoms with Gasteiger partial charge in [0.15, 0.2) is 0 Å². The van der Waals surface area contributed by atoms with Gasteiger partial charge in [0.05, 0.1) is 6.10 Å². The maximum absolute atomic E-state index is 5.88. The molecule has 0 aromatic carbocycles. The van der Waals surface area contributed by atoms with Crippen LogP contribution in [0, 0.1) is 0 Å². The van der Waals surface area contributed by atoms with Crippen molar-refractivity contribution < 1.29 is 4.74 Å². The lowest BCUT2D eigenvalue weighted by Crippen LogP contribution is -2.45. The van der Waals surface area contributed by atoms with Crippen molar-refractivity contribution >= 4 is 0 Å². The van der Waals surface area contributed by atoms with Gasteiger partial charge in [0.2, 0.25) is 0 Å². The first-order valence-corrected chi connectivity index (χ1v) is 7.34. The monoisotopic (exact) mass is 242 g/mol. The number of hydrogen-bond acceptors (Lipinski definition) is 3. The molecule has 1 N–H and O–H groups in total. The quantitative estimate of drug-likeness (QED) is 0.661. The molecular weight excluding hydrogens is 212 g/mol. The topological polar surface area (TPSA) is 24.5 Å². The fourth-order valence-corrected chi connectivity index (χ4v) is 2.46. The highest BCUT2D eigenvalue weighted by Gasteiger charge is 2.23. The van der Waals surface area contributed by atoms with Crippen molar-refractivity contribution in [2.24, 2.45) is 0 Å². The van der Waals surface area contributed by atoms with Gasteiger partial charge in [-0.3, -0.25) is 4.90 Å². The van der Waals surface area contributed by atoms with E-state index < -0.39 is 0 Å². The maximum atomic E-state index is 5.88. The lowest BCUT2D eigenvalue weighted by Gasteiger charge is -2.36. The Hall–Kier alpha value is -0.120. The van der Waals surface area contributed by atoms with Gasteiger partial charge in [0.25, 0.3) is 0 Å². The van der Waals surface area contributed by atoms with Crippen molar-refractivity contribution in [1.29, 1.82) is 0 Å². The standard InChI is InChI=1S/C14H30N2O/c1-4-11-17-14-7-6-10-16(12-14)13(3)8-9-15-5-2/h13-15H,4-12H2,1-3H3. The van der Waals surface area contributed by atoms with E-state index in [1.165, 1.54) is 25.8 Å². The highest BCUT2D eigenvalue weighted by atomic mass is 16.5. The predicted molar refractivity (Wildman–Crippen MR) is 73.5 cm³/mol. The second-order valence-electron chi connectivity index (χ2n) is 5.12. The van der Waals surface area contributed by atoms with E-state index in [2.05, 4.69) is 31.0 Å². The summed E-state index contributed by atoms with van der Waals surface area (Å²) in [4.78, 5) is 2.60. The minimum atomic E-state index is 0.477. The predicted octanol–water partition coefficient (Wildman–Crippen LogP) is 2.27. The van der Waals surface area contributed by atoms with Crippen molar-refractivity contribution in [2.75, 3.05) is 32.8 Å². The second-order valence-corrected chi connectivity index (χ2v) is 5.12. The molecule has 0 saturated carbocycles. The van der Waals surface area contributed by atoms with Crippen LogP contribution in [0.1, 0.15) is 46.5 Å². The summed E-state index contributed by atoms with van der Waals surface area (Å²) in [6, 6.07) is 0.682. The van der Waals surface area contributed by atoms with E-state index in [9.17, 15) is 0 Å². The SMILES string of the molecule is CCCOC1CCCN(C(C)CCNCC)C1. The lowest BCUT2D eigenvalue weighted by atomic mass is 10.0. The van der Waals surface area contributed by atoms with Crippen LogP contribution in [0.25, 0.3) is 0 Å². The third-order valence-electron chi connectivity index (χ3n) is 3.58. The molecule has 0 spiro atoms. The van der Waals surface area contributed by atoms with Crippen LogP contribution in [0.3, 0.4) is 0 Å². The number of piperidine rings is 1. The first-order valence-electron chi connectivity index (χ1n) is 7.34. The summed E-state index contributed by atoms with van der Waals surface area (Å²) >= 11 is 0. The molecule has 0 bridgehead atoms. The molecule has 1 heterocycles. The highest BCUT2D eigenvalue weighted by Crippen LogP contribution is 2.17. The van der Waals surface area contributed by atoms with Crippen molar-refractivity contribution in [1.82, 2.24) is 10.2 Å². The van der Waals surface area contributed by atoms with Crippen LogP contribution in [0.4, 0.5) is 0 Å². The summed E-state index contributed by atoms with van der Waals surface area (Å²) in [6.45, 7) is 12.2. The number of likely N-dealkylation sites (tertiary alicyclic amines) is 1. The van der Waals surface area contributed by atoms with Crippen LogP contribution in [-0.2, 0) is 4.74 Å². The number of nitrogens with one attached hydrogen (secondary N) is 1. The number of rotatable bonds is 8. The van der Waals surface area contributed by atoms with Crippen LogP contribution in [0.15, 0.2) is 0 Å². The van der Waals surface area contributed by atoms with Gasteiger partial charge in [-0.2, -0.15) is 0 Å². The largest absolute Gasteiger partial charge is 0.377 e. The first-order chi connectivity index (χ1) is 8.27. The Bertz CT molecular complexity index is 187. The van der Waals surface area contributed by atoms with E-state index in [4.69, 9.17) is 4.74 Å². The molecular formula is C14H30N2O. The first kappa shape index (κ1) is 14.9. The molecule has 1 aliphatic rings. The summed E-state index contributed by atoms with van der Waals surface area (Å²) in [5.41, 5.74) is 0. The van der Waals surface area contributed by atoms with Gasteiger partial charge in [-0.25, -0.2) is 0 Å². The summed E-state index contributed by atoms with van der Waals surface area (Å²) in [6.07, 6.45) is 5.39. The summed E-state index contributed by atoms with van der Waals surface area (Å²) in [7, 11) is 0. The van der Waals surface area contributed by atoms with Crippen LogP contribution in [0.2, 0.25) is 0 Å². The second kappa shape index (κ2) is 8.90. The lowest BCUT2D eigenvalue weighted by molar-refractivity contribution is -0.0112. The van der Waals surface area contributed by atoms with Crippen molar-refractivity contribution in [3.63, 3.8) is 0 Å². The van der Waals surface area contributed by atoms with Gasteiger partial charge >= 0.3 is 0 Å². The molecule has 3 nitrogen and oxygen atoms in total. The molecule has 0 aromatic heterocycles. The zero-order valence-corrected chi connectivity index (χ0v) is 11.9. The Morgan fingerprint density at radius 2 is 2.24 bits per heavy atom. The normalized spacial score (nSPS) is 23.8. The molecule has 0 aliphatic carbocycles. The summed E-state index contributed by atoms with van der Waals surface area (Å²) in [5, 5.41) is 3.41. The Morgan fingerprint density at radius 3 is 2.94 bits per heavy atom. The zero-order chi connectivity index (χ0) is 12.5. The van der Waals surface area contributed by atoms with Crippen LogP contribution >= 0.6 is 0 Å². The number of nitrogens with zero attached hydrogens (tertiary/aromatic N) is 1. The third kappa shape index (κ3) is 5.84. The van der Waals surface area contributed by atoms with Crippen LogP contribution in [-0.4, -0.2) is 49.8 Å². The zero-order valence-electron chi connectivity index (χ0n) is 11.9. The molecule has 102 valence electrons. The fourth-order valence-electron chi connectivity index (χ4n) is 2.46. The van der Waals surface area contributed by atoms with Crippen LogP contribution in [0.5, 0.6) is 0 Å². The van der Waals surface area contributed by atoms with Crippen molar-refractivity contribution in [3.8, 4) is 0 Å². The third-order valence-corrected chi connectivity index (χ3v) is 3.58. The summed E-state index contributed by atoms with van der Waals surface area (Å²) in [5.74, 6) is 0. The molecule has 1 saturated heterocycles. The number of hydrogen-bond donors (Lipinski definition) is 1. The van der Waals surface area contributed by atoms with E-state index in [0.29, 0.717) is 12.1 Å². The van der Waals surface area contributed by atoms with E-state index in [1.807, 2.05) is 0 Å². The van der Waals surface area contributed by atoms with Gasteiger partial charge in [-0.15, -0.1) is 0 Å². The Balaban J connectivity index is 2.22. The molecule has 2 unspecified atom stereocenters. The van der Waals surface area contributed by atoms with E-state index in [0.717, 1.165) is 32.7 Å².